The van der Waals surface area contributed by atoms with Crippen molar-refractivity contribution in [1.82, 2.24) is 24.8 Å². The van der Waals surface area contributed by atoms with Gasteiger partial charge in [-0.25, -0.2) is 28.7 Å². The molecule has 0 unspecified atom stereocenters. The number of rotatable bonds is 3. The molecule has 0 spiro atoms. The molecule has 0 saturated carbocycles. The summed E-state index contributed by atoms with van der Waals surface area (Å²) in [6, 6.07) is 5.45. The highest BCUT2D eigenvalue weighted by molar-refractivity contribution is 6.00. The van der Waals surface area contributed by atoms with Crippen molar-refractivity contribution in [2.75, 3.05) is 31.1 Å². The van der Waals surface area contributed by atoms with Crippen molar-refractivity contribution in [1.29, 1.82) is 0 Å². The van der Waals surface area contributed by atoms with E-state index in [1.807, 2.05) is 19.9 Å². The Bertz CT molecular complexity index is 1090. The largest absolute Gasteiger partial charge is 0.355 e. The molecule has 160 valence electrons. The Kier molecular flexibility index (Phi) is 5.83. The lowest BCUT2D eigenvalue weighted by molar-refractivity contribution is 0.0767. The fourth-order valence-electron chi connectivity index (χ4n) is 3.73. The molecule has 9 heteroatoms. The minimum absolute atomic E-state index is 0.0484. The van der Waals surface area contributed by atoms with Gasteiger partial charge in [-0.1, -0.05) is 0 Å². The highest BCUT2D eigenvalue weighted by Gasteiger charge is 2.25. The van der Waals surface area contributed by atoms with E-state index < -0.39 is 11.6 Å². The number of halogens is 2. The van der Waals surface area contributed by atoms with Gasteiger partial charge in [-0.05, 0) is 38.5 Å². The van der Waals surface area contributed by atoms with E-state index in [0.717, 1.165) is 30.2 Å². The molecule has 1 saturated heterocycles. The van der Waals surface area contributed by atoms with Gasteiger partial charge in [0.1, 0.15) is 11.6 Å². The van der Waals surface area contributed by atoms with Gasteiger partial charge in [0.2, 0.25) is 0 Å². The molecule has 0 aliphatic carbocycles. The molecular formula is C22H22F2N6O. The highest BCUT2D eigenvalue weighted by Crippen LogP contribution is 2.25. The SMILES string of the molecule is Cc1cc(N2CCCN(C(=O)c3cc(F)c(F)cc3-c3ncccn3)CC2)nc(C)n1. The Balaban J connectivity index is 1.60. The van der Waals surface area contributed by atoms with Crippen molar-refractivity contribution < 1.29 is 13.6 Å². The molecule has 0 N–H and O–H groups in total. The topological polar surface area (TPSA) is 75.1 Å². The lowest BCUT2D eigenvalue weighted by Gasteiger charge is -2.24. The minimum atomic E-state index is -1.08. The fraction of sp³-hybridized carbons (Fsp3) is 0.318. The van der Waals surface area contributed by atoms with Crippen LogP contribution in [0.2, 0.25) is 0 Å². The fourth-order valence-corrected chi connectivity index (χ4v) is 3.73. The zero-order valence-corrected chi connectivity index (χ0v) is 17.3. The second kappa shape index (κ2) is 8.71. The van der Waals surface area contributed by atoms with Gasteiger partial charge in [0.05, 0.1) is 5.56 Å². The third-order valence-corrected chi connectivity index (χ3v) is 5.16. The van der Waals surface area contributed by atoms with Crippen LogP contribution in [0.4, 0.5) is 14.6 Å². The molecule has 0 radical (unpaired) electrons. The predicted octanol–water partition coefficient (Wildman–Crippen LogP) is 3.18. The standard InChI is InChI=1S/C22H22F2N6O/c1-14-11-20(28-15(2)27-14)29-7-4-8-30(10-9-29)22(31)17-13-19(24)18(23)12-16(17)21-25-5-3-6-26-21/h3,5-6,11-13H,4,7-10H2,1-2H3. The second-order valence-electron chi connectivity index (χ2n) is 7.43. The van der Waals surface area contributed by atoms with Gasteiger partial charge < -0.3 is 9.80 Å². The molecule has 3 aromatic rings. The summed E-state index contributed by atoms with van der Waals surface area (Å²) in [4.78, 5) is 34.1. The van der Waals surface area contributed by atoms with E-state index in [2.05, 4.69) is 24.8 Å². The first-order valence-electron chi connectivity index (χ1n) is 10.1. The summed E-state index contributed by atoms with van der Waals surface area (Å²) in [5.41, 5.74) is 1.11. The van der Waals surface area contributed by atoms with Gasteiger partial charge >= 0.3 is 0 Å². The van der Waals surface area contributed by atoms with Crippen LogP contribution in [0, 0.1) is 25.5 Å². The average Bonchev–Trinajstić information content (AvgIpc) is 3.01. The molecule has 0 atom stereocenters. The van der Waals surface area contributed by atoms with Crippen LogP contribution < -0.4 is 4.90 Å². The Morgan fingerprint density at radius 3 is 2.42 bits per heavy atom. The van der Waals surface area contributed by atoms with Crippen molar-refractivity contribution in [2.45, 2.75) is 20.3 Å². The van der Waals surface area contributed by atoms with E-state index in [0.29, 0.717) is 31.9 Å². The van der Waals surface area contributed by atoms with Crippen LogP contribution >= 0.6 is 0 Å². The molecule has 31 heavy (non-hydrogen) atoms. The van der Waals surface area contributed by atoms with Gasteiger partial charge in [-0.15, -0.1) is 0 Å². The van der Waals surface area contributed by atoms with Crippen LogP contribution in [0.15, 0.2) is 36.7 Å². The molecular weight excluding hydrogens is 402 g/mol. The molecule has 3 heterocycles. The molecule has 7 nitrogen and oxygen atoms in total. The average molecular weight is 424 g/mol. The van der Waals surface area contributed by atoms with E-state index in [-0.39, 0.29) is 22.9 Å². The van der Waals surface area contributed by atoms with Crippen molar-refractivity contribution >= 4 is 11.7 Å². The first kappa shape index (κ1) is 20.8. The Hall–Kier alpha value is -3.49. The van der Waals surface area contributed by atoms with Crippen LogP contribution in [-0.4, -0.2) is 56.9 Å². The van der Waals surface area contributed by atoms with E-state index in [1.54, 1.807) is 11.0 Å². The van der Waals surface area contributed by atoms with Crippen LogP contribution in [-0.2, 0) is 0 Å². The van der Waals surface area contributed by atoms with Gasteiger partial charge in [0.15, 0.2) is 17.5 Å². The summed E-state index contributed by atoms with van der Waals surface area (Å²) in [5, 5.41) is 0. The molecule has 1 aromatic carbocycles. The maximum Gasteiger partial charge on any atom is 0.254 e. The van der Waals surface area contributed by atoms with E-state index in [4.69, 9.17) is 0 Å². The number of hydrogen-bond donors (Lipinski definition) is 0. The molecule has 1 amide bonds. The van der Waals surface area contributed by atoms with Crippen LogP contribution in [0.25, 0.3) is 11.4 Å². The summed E-state index contributed by atoms with van der Waals surface area (Å²) in [7, 11) is 0. The monoisotopic (exact) mass is 424 g/mol. The first-order valence-corrected chi connectivity index (χ1v) is 10.1. The van der Waals surface area contributed by atoms with Gasteiger partial charge in [-0.3, -0.25) is 4.79 Å². The molecule has 1 aliphatic rings. The first-order chi connectivity index (χ1) is 14.9. The zero-order valence-electron chi connectivity index (χ0n) is 17.3. The number of amides is 1. The third-order valence-electron chi connectivity index (χ3n) is 5.16. The maximum atomic E-state index is 14.0. The predicted molar refractivity (Wildman–Crippen MR) is 112 cm³/mol. The van der Waals surface area contributed by atoms with Crippen LogP contribution in [0.5, 0.6) is 0 Å². The Labute approximate surface area is 178 Å². The third kappa shape index (κ3) is 4.50. The van der Waals surface area contributed by atoms with Gasteiger partial charge in [0.25, 0.3) is 5.91 Å². The number of carbonyl (C=O) groups excluding carboxylic acids is 1. The molecule has 2 aromatic heterocycles. The van der Waals surface area contributed by atoms with E-state index in [9.17, 15) is 13.6 Å². The van der Waals surface area contributed by atoms with Crippen molar-refractivity contribution in [3.8, 4) is 11.4 Å². The number of aromatic nitrogens is 4. The van der Waals surface area contributed by atoms with Crippen molar-refractivity contribution in [2.24, 2.45) is 0 Å². The number of hydrogen-bond acceptors (Lipinski definition) is 6. The Morgan fingerprint density at radius 2 is 1.68 bits per heavy atom. The number of carbonyl (C=O) groups is 1. The number of nitrogens with zero attached hydrogens (tertiary/aromatic N) is 6. The number of anilines is 1. The van der Waals surface area contributed by atoms with E-state index in [1.165, 1.54) is 12.4 Å². The molecule has 4 rings (SSSR count). The normalized spacial score (nSPS) is 14.5. The van der Waals surface area contributed by atoms with E-state index >= 15 is 0 Å². The summed E-state index contributed by atoms with van der Waals surface area (Å²) < 4.78 is 28.0. The van der Waals surface area contributed by atoms with Crippen LogP contribution in [0.1, 0.15) is 28.3 Å². The lowest BCUT2D eigenvalue weighted by Crippen LogP contribution is -2.36. The summed E-state index contributed by atoms with van der Waals surface area (Å²) in [5.74, 6) is -0.805. The van der Waals surface area contributed by atoms with Crippen molar-refractivity contribution in [3.63, 3.8) is 0 Å². The lowest BCUT2D eigenvalue weighted by atomic mass is 10.0. The maximum absolute atomic E-state index is 14.0. The summed E-state index contributed by atoms with van der Waals surface area (Å²) in [6.45, 7) is 5.98. The number of benzene rings is 1. The quantitative estimate of drug-likeness (QED) is 0.643. The zero-order chi connectivity index (χ0) is 22.0. The molecule has 0 bridgehead atoms. The van der Waals surface area contributed by atoms with Crippen molar-refractivity contribution in [3.05, 3.63) is 65.4 Å². The highest BCUT2D eigenvalue weighted by atomic mass is 19.2. The summed E-state index contributed by atoms with van der Waals surface area (Å²) in [6.07, 6.45) is 3.70. The Morgan fingerprint density at radius 1 is 0.935 bits per heavy atom. The molecule has 1 aliphatic heterocycles. The van der Waals surface area contributed by atoms with Gasteiger partial charge in [-0.2, -0.15) is 0 Å². The molecule has 1 fully saturated rings. The number of aryl methyl sites for hydroxylation is 2. The van der Waals surface area contributed by atoms with Crippen LogP contribution in [0.3, 0.4) is 0 Å². The van der Waals surface area contributed by atoms with Gasteiger partial charge in [0, 0.05) is 55.9 Å². The minimum Gasteiger partial charge on any atom is -0.355 e. The summed E-state index contributed by atoms with van der Waals surface area (Å²) >= 11 is 0. The smallest absolute Gasteiger partial charge is 0.254 e. The second-order valence-corrected chi connectivity index (χ2v) is 7.43.